The number of aliphatic imine (C=N–C) groups is 1. The second kappa shape index (κ2) is 13.5. The molecule has 0 aliphatic heterocycles. The van der Waals surface area contributed by atoms with Crippen LogP contribution in [0.2, 0.25) is 0 Å². The highest BCUT2D eigenvalue weighted by Crippen LogP contribution is 2.35. The first kappa shape index (κ1) is 28.5. The zero-order chi connectivity index (χ0) is 27.5. The number of allylic oxidation sites excluding steroid dienone is 1. The SMILES string of the molecule is C/C=C(\N=C(\C(=O)NCCNc1ccccc1)[C@@H](C)CC1CC1)NC(=O)Nc1ccc(OC(F)(F)F)cc1. The van der Waals surface area contributed by atoms with Crippen molar-refractivity contribution in [2.75, 3.05) is 23.7 Å². The summed E-state index contributed by atoms with van der Waals surface area (Å²) >= 11 is 0. The summed E-state index contributed by atoms with van der Waals surface area (Å²) in [4.78, 5) is 30.0. The summed E-state index contributed by atoms with van der Waals surface area (Å²) in [5.41, 5.74) is 1.52. The van der Waals surface area contributed by atoms with Crippen LogP contribution in [0, 0.1) is 11.8 Å². The van der Waals surface area contributed by atoms with Gasteiger partial charge in [-0.15, -0.1) is 13.2 Å². The molecule has 1 fully saturated rings. The number of rotatable bonds is 12. The zero-order valence-electron chi connectivity index (χ0n) is 21.3. The lowest BCUT2D eigenvalue weighted by atomic mass is 9.98. The van der Waals surface area contributed by atoms with Gasteiger partial charge >= 0.3 is 12.4 Å². The molecule has 0 radical (unpaired) electrons. The smallest absolute Gasteiger partial charge is 0.406 e. The van der Waals surface area contributed by atoms with Gasteiger partial charge in [-0.1, -0.05) is 38.0 Å². The second-order valence-corrected chi connectivity index (χ2v) is 8.95. The van der Waals surface area contributed by atoms with Crippen LogP contribution in [0.3, 0.4) is 0 Å². The molecule has 1 aliphatic carbocycles. The van der Waals surface area contributed by atoms with Crippen LogP contribution in [0.5, 0.6) is 5.75 Å². The molecule has 2 aromatic carbocycles. The number of halogens is 3. The number of benzene rings is 2. The van der Waals surface area contributed by atoms with Crippen molar-refractivity contribution in [2.24, 2.45) is 16.8 Å². The average molecular weight is 532 g/mol. The Balaban J connectivity index is 1.59. The first-order chi connectivity index (χ1) is 18.1. The quantitative estimate of drug-likeness (QED) is 0.209. The Labute approximate surface area is 219 Å². The lowest BCUT2D eigenvalue weighted by molar-refractivity contribution is -0.274. The largest absolute Gasteiger partial charge is 0.573 e. The number of nitrogens with one attached hydrogen (secondary N) is 4. The fraction of sp³-hybridized carbons (Fsp3) is 0.370. The third-order valence-corrected chi connectivity index (χ3v) is 5.70. The van der Waals surface area contributed by atoms with Crippen molar-refractivity contribution >= 4 is 29.0 Å². The number of anilines is 2. The van der Waals surface area contributed by atoms with Gasteiger partial charge in [-0.25, -0.2) is 9.79 Å². The number of ether oxygens (including phenoxy) is 1. The van der Waals surface area contributed by atoms with Crippen molar-refractivity contribution in [1.29, 1.82) is 0 Å². The molecule has 0 unspecified atom stereocenters. The maximum atomic E-state index is 13.0. The predicted octanol–water partition coefficient (Wildman–Crippen LogP) is 5.67. The minimum Gasteiger partial charge on any atom is -0.406 e. The maximum Gasteiger partial charge on any atom is 0.573 e. The van der Waals surface area contributed by atoms with E-state index in [4.69, 9.17) is 0 Å². The molecule has 0 aromatic heterocycles. The van der Waals surface area contributed by atoms with Gasteiger partial charge in [0.05, 0.1) is 0 Å². The molecule has 0 heterocycles. The summed E-state index contributed by atoms with van der Waals surface area (Å²) in [5, 5.41) is 11.2. The van der Waals surface area contributed by atoms with E-state index >= 15 is 0 Å². The zero-order valence-corrected chi connectivity index (χ0v) is 21.3. The number of urea groups is 1. The summed E-state index contributed by atoms with van der Waals surface area (Å²) in [6.07, 6.45) is -0.156. The number of para-hydroxylation sites is 1. The molecule has 1 saturated carbocycles. The molecule has 38 heavy (non-hydrogen) atoms. The van der Waals surface area contributed by atoms with Crippen molar-refractivity contribution in [3.05, 3.63) is 66.5 Å². The Bertz CT molecular complexity index is 1130. The molecule has 4 N–H and O–H groups in total. The molecule has 2 aromatic rings. The maximum absolute atomic E-state index is 13.0. The van der Waals surface area contributed by atoms with E-state index in [1.165, 1.54) is 12.1 Å². The number of alkyl halides is 3. The molecule has 0 saturated heterocycles. The molecule has 3 amide bonds. The fourth-order valence-corrected chi connectivity index (χ4v) is 3.69. The van der Waals surface area contributed by atoms with Gasteiger partial charge in [0.1, 0.15) is 17.3 Å². The van der Waals surface area contributed by atoms with E-state index in [0.717, 1.165) is 37.1 Å². The molecule has 0 bridgehead atoms. The van der Waals surface area contributed by atoms with Gasteiger partial charge in [-0.3, -0.25) is 10.1 Å². The molecular formula is C27H32F3N5O3. The lowest BCUT2D eigenvalue weighted by Gasteiger charge is -2.16. The fourth-order valence-electron chi connectivity index (χ4n) is 3.69. The Morgan fingerprint density at radius 1 is 1.05 bits per heavy atom. The third kappa shape index (κ3) is 10.2. The van der Waals surface area contributed by atoms with Crippen molar-refractivity contribution in [3.8, 4) is 5.75 Å². The van der Waals surface area contributed by atoms with Crippen LogP contribution < -0.4 is 26.0 Å². The number of carbonyl (C=O) groups excluding carboxylic acids is 2. The second-order valence-electron chi connectivity index (χ2n) is 8.95. The first-order valence-electron chi connectivity index (χ1n) is 12.4. The number of amides is 3. The molecule has 11 heteroatoms. The van der Waals surface area contributed by atoms with Crippen molar-refractivity contribution in [3.63, 3.8) is 0 Å². The minimum absolute atomic E-state index is 0.120. The van der Waals surface area contributed by atoms with Gasteiger partial charge in [0.2, 0.25) is 0 Å². The Kier molecular flexibility index (Phi) is 10.1. The molecule has 1 aliphatic rings. The predicted molar refractivity (Wildman–Crippen MR) is 141 cm³/mol. The molecular weight excluding hydrogens is 499 g/mol. The number of hydrogen-bond donors (Lipinski definition) is 4. The minimum atomic E-state index is -4.80. The van der Waals surface area contributed by atoms with Crippen molar-refractivity contribution in [2.45, 2.75) is 39.5 Å². The summed E-state index contributed by atoms with van der Waals surface area (Å²) < 4.78 is 40.8. The van der Waals surface area contributed by atoms with Crippen molar-refractivity contribution < 1.29 is 27.5 Å². The third-order valence-electron chi connectivity index (χ3n) is 5.70. The molecule has 1 atom stereocenters. The summed E-state index contributed by atoms with van der Waals surface area (Å²) in [7, 11) is 0. The molecule has 0 spiro atoms. The highest BCUT2D eigenvalue weighted by atomic mass is 19.4. The van der Waals surface area contributed by atoms with Gasteiger partial charge in [0.25, 0.3) is 5.91 Å². The van der Waals surface area contributed by atoms with Crippen LogP contribution in [-0.2, 0) is 4.79 Å². The highest BCUT2D eigenvalue weighted by Gasteiger charge is 2.31. The molecule has 204 valence electrons. The van der Waals surface area contributed by atoms with Gasteiger partial charge in [0, 0.05) is 30.4 Å². The van der Waals surface area contributed by atoms with Crippen LogP contribution in [0.4, 0.5) is 29.3 Å². The van der Waals surface area contributed by atoms with Crippen LogP contribution in [0.1, 0.15) is 33.1 Å². The van der Waals surface area contributed by atoms with Gasteiger partial charge in [0.15, 0.2) is 0 Å². The standard InChI is InChI=1S/C27H32F3N5O3/c1-3-23(35-26(37)33-21-11-13-22(14-12-21)38-27(28,29)30)34-24(18(2)17-19-9-10-19)25(36)32-16-15-31-20-7-5-4-6-8-20/h3-8,11-14,18-19,31H,9-10,15-17H2,1-2H3,(H,32,36)(H2,33,35,37)/b23-3+,34-24+/t18-/m0/s1. The van der Waals surface area contributed by atoms with Gasteiger partial charge in [-0.2, -0.15) is 0 Å². The summed E-state index contributed by atoms with van der Waals surface area (Å²) in [6.45, 7) is 4.53. The highest BCUT2D eigenvalue weighted by molar-refractivity contribution is 6.39. The average Bonchev–Trinajstić information content (AvgIpc) is 3.69. The Hall–Kier alpha value is -4.02. The first-order valence-corrected chi connectivity index (χ1v) is 12.4. The van der Waals surface area contributed by atoms with E-state index in [2.05, 4.69) is 31.0 Å². The number of nitrogens with zero attached hydrogens (tertiary/aromatic N) is 1. The van der Waals surface area contributed by atoms with E-state index in [0.29, 0.717) is 24.7 Å². The van der Waals surface area contributed by atoms with Crippen molar-refractivity contribution in [1.82, 2.24) is 10.6 Å². The summed E-state index contributed by atoms with van der Waals surface area (Å²) in [5.74, 6) is -0.0889. The van der Waals surface area contributed by atoms with Crippen LogP contribution in [0.25, 0.3) is 0 Å². The Morgan fingerprint density at radius 3 is 2.34 bits per heavy atom. The topological polar surface area (TPSA) is 104 Å². The van der Waals surface area contributed by atoms with E-state index in [1.807, 2.05) is 37.3 Å². The van der Waals surface area contributed by atoms with E-state index in [-0.39, 0.29) is 23.3 Å². The van der Waals surface area contributed by atoms with Crippen LogP contribution in [0.15, 0.2) is 71.5 Å². The lowest BCUT2D eigenvalue weighted by Crippen LogP contribution is -2.38. The number of carbonyl (C=O) groups is 2. The Morgan fingerprint density at radius 2 is 1.74 bits per heavy atom. The normalized spacial score (nSPS) is 14.9. The van der Waals surface area contributed by atoms with Gasteiger partial charge < -0.3 is 20.7 Å². The monoisotopic (exact) mass is 531 g/mol. The molecule has 3 rings (SSSR count). The van der Waals surface area contributed by atoms with Crippen LogP contribution >= 0.6 is 0 Å². The van der Waals surface area contributed by atoms with E-state index in [9.17, 15) is 22.8 Å². The number of hydrogen-bond acceptors (Lipinski definition) is 5. The van der Waals surface area contributed by atoms with Crippen LogP contribution in [-0.4, -0.2) is 37.1 Å². The van der Waals surface area contributed by atoms with E-state index in [1.54, 1.807) is 13.0 Å². The van der Waals surface area contributed by atoms with Gasteiger partial charge in [-0.05, 0) is 61.7 Å². The molecule has 8 nitrogen and oxygen atoms in total. The van der Waals surface area contributed by atoms with E-state index < -0.39 is 18.1 Å². The summed E-state index contributed by atoms with van der Waals surface area (Å²) in [6, 6.07) is 13.7.